The van der Waals surface area contributed by atoms with Gasteiger partial charge in [-0.05, 0) is 26.3 Å². The van der Waals surface area contributed by atoms with E-state index in [-0.39, 0.29) is 0 Å². The first-order valence-electron chi connectivity index (χ1n) is 5.43. The van der Waals surface area contributed by atoms with Gasteiger partial charge in [-0.2, -0.15) is 11.8 Å². The summed E-state index contributed by atoms with van der Waals surface area (Å²) in [4.78, 5) is 0. The van der Waals surface area contributed by atoms with Crippen molar-refractivity contribution in [1.29, 1.82) is 0 Å². The van der Waals surface area contributed by atoms with Crippen LogP contribution in [0.4, 0.5) is 0 Å². The van der Waals surface area contributed by atoms with E-state index >= 15 is 0 Å². The monoisotopic (exact) mass is 224 g/mol. The SMILES string of the molecule is Cc1ccc(CSCCOC(C)C)cc1. The predicted molar refractivity (Wildman–Crippen MR) is 68.4 cm³/mol. The zero-order valence-electron chi connectivity index (χ0n) is 9.82. The van der Waals surface area contributed by atoms with Crippen LogP contribution < -0.4 is 0 Å². The van der Waals surface area contributed by atoms with E-state index in [1.54, 1.807) is 0 Å². The van der Waals surface area contributed by atoms with E-state index in [9.17, 15) is 0 Å². The van der Waals surface area contributed by atoms with Crippen molar-refractivity contribution in [3.05, 3.63) is 35.4 Å². The summed E-state index contributed by atoms with van der Waals surface area (Å²) in [5.41, 5.74) is 2.72. The number of ether oxygens (including phenoxy) is 1. The molecule has 0 aromatic heterocycles. The van der Waals surface area contributed by atoms with Crippen LogP contribution in [-0.2, 0) is 10.5 Å². The number of thioether (sulfide) groups is 1. The lowest BCUT2D eigenvalue weighted by Gasteiger charge is -2.07. The maximum absolute atomic E-state index is 5.48. The molecule has 0 aliphatic heterocycles. The molecule has 0 spiro atoms. The first-order chi connectivity index (χ1) is 7.18. The summed E-state index contributed by atoms with van der Waals surface area (Å²) in [7, 11) is 0. The number of benzene rings is 1. The third kappa shape index (κ3) is 5.85. The molecule has 15 heavy (non-hydrogen) atoms. The summed E-state index contributed by atoms with van der Waals surface area (Å²) in [5, 5.41) is 0. The predicted octanol–water partition coefficient (Wildman–Crippen LogP) is 3.65. The van der Waals surface area contributed by atoms with Crippen LogP contribution in [-0.4, -0.2) is 18.5 Å². The number of rotatable bonds is 6. The van der Waals surface area contributed by atoms with Crippen LogP contribution in [0.25, 0.3) is 0 Å². The van der Waals surface area contributed by atoms with Crippen LogP contribution in [0, 0.1) is 6.92 Å². The van der Waals surface area contributed by atoms with Crippen molar-refractivity contribution in [1.82, 2.24) is 0 Å². The minimum Gasteiger partial charge on any atom is -0.378 e. The normalized spacial score (nSPS) is 10.9. The quantitative estimate of drug-likeness (QED) is 0.682. The molecule has 0 aliphatic rings. The molecule has 0 aliphatic carbocycles. The summed E-state index contributed by atoms with van der Waals surface area (Å²) >= 11 is 1.93. The van der Waals surface area contributed by atoms with Gasteiger partial charge in [0.25, 0.3) is 0 Å². The maximum atomic E-state index is 5.48. The van der Waals surface area contributed by atoms with Gasteiger partial charge in [0.2, 0.25) is 0 Å². The van der Waals surface area contributed by atoms with Crippen molar-refractivity contribution in [2.75, 3.05) is 12.4 Å². The Labute approximate surface area is 97.2 Å². The number of hydrogen-bond donors (Lipinski definition) is 0. The molecule has 1 nitrogen and oxygen atoms in total. The Morgan fingerprint density at radius 1 is 1.20 bits per heavy atom. The highest BCUT2D eigenvalue weighted by molar-refractivity contribution is 7.98. The zero-order valence-corrected chi connectivity index (χ0v) is 10.6. The molecule has 0 radical (unpaired) electrons. The van der Waals surface area contributed by atoms with Gasteiger partial charge in [-0.3, -0.25) is 0 Å². The maximum Gasteiger partial charge on any atom is 0.0560 e. The van der Waals surface area contributed by atoms with Crippen molar-refractivity contribution in [2.24, 2.45) is 0 Å². The Balaban J connectivity index is 2.12. The van der Waals surface area contributed by atoms with Crippen molar-refractivity contribution in [3.63, 3.8) is 0 Å². The molecule has 0 amide bonds. The van der Waals surface area contributed by atoms with Crippen LogP contribution in [0.2, 0.25) is 0 Å². The first-order valence-corrected chi connectivity index (χ1v) is 6.59. The largest absolute Gasteiger partial charge is 0.378 e. The summed E-state index contributed by atoms with van der Waals surface area (Å²) in [5.74, 6) is 2.16. The van der Waals surface area contributed by atoms with Crippen molar-refractivity contribution < 1.29 is 4.74 Å². The molecule has 0 bridgehead atoms. The van der Waals surface area contributed by atoms with E-state index in [4.69, 9.17) is 4.74 Å². The van der Waals surface area contributed by atoms with Crippen molar-refractivity contribution in [3.8, 4) is 0 Å². The average molecular weight is 224 g/mol. The standard InChI is InChI=1S/C13H20OS/c1-11(2)14-8-9-15-10-13-6-4-12(3)5-7-13/h4-7,11H,8-10H2,1-3H3. The van der Waals surface area contributed by atoms with E-state index in [0.29, 0.717) is 6.10 Å². The van der Waals surface area contributed by atoms with Gasteiger partial charge in [-0.25, -0.2) is 0 Å². The molecule has 0 N–H and O–H groups in total. The first kappa shape index (κ1) is 12.6. The minimum atomic E-state index is 0.352. The molecule has 0 heterocycles. The molecule has 0 fully saturated rings. The zero-order chi connectivity index (χ0) is 11.1. The highest BCUT2D eigenvalue weighted by Crippen LogP contribution is 2.12. The van der Waals surface area contributed by atoms with Crippen LogP contribution in [0.15, 0.2) is 24.3 Å². The Bertz CT molecular complexity index is 266. The molecule has 1 aromatic carbocycles. The topological polar surface area (TPSA) is 9.23 Å². The van der Waals surface area contributed by atoms with Gasteiger partial charge < -0.3 is 4.74 Å². The molecule has 0 atom stereocenters. The van der Waals surface area contributed by atoms with Crippen LogP contribution >= 0.6 is 11.8 Å². The average Bonchev–Trinajstić information content (AvgIpc) is 2.20. The van der Waals surface area contributed by atoms with Gasteiger partial charge in [0.15, 0.2) is 0 Å². The van der Waals surface area contributed by atoms with Crippen LogP contribution in [0.5, 0.6) is 0 Å². The van der Waals surface area contributed by atoms with E-state index in [2.05, 4.69) is 45.0 Å². The van der Waals surface area contributed by atoms with E-state index in [1.807, 2.05) is 11.8 Å². The van der Waals surface area contributed by atoms with Crippen molar-refractivity contribution in [2.45, 2.75) is 32.6 Å². The molecule has 84 valence electrons. The van der Waals surface area contributed by atoms with Gasteiger partial charge in [-0.1, -0.05) is 29.8 Å². The number of hydrogen-bond acceptors (Lipinski definition) is 2. The fourth-order valence-corrected chi connectivity index (χ4v) is 2.00. The summed E-state index contributed by atoms with van der Waals surface area (Å²) in [6.45, 7) is 7.12. The molecule has 1 aromatic rings. The number of aryl methyl sites for hydroxylation is 1. The molecule has 2 heteroatoms. The second-order valence-electron chi connectivity index (χ2n) is 3.96. The molecular weight excluding hydrogens is 204 g/mol. The Morgan fingerprint density at radius 2 is 1.87 bits per heavy atom. The Kier molecular flexibility index (Phi) is 5.81. The van der Waals surface area contributed by atoms with Gasteiger partial charge in [0.1, 0.15) is 0 Å². The molecule has 0 unspecified atom stereocenters. The van der Waals surface area contributed by atoms with Crippen LogP contribution in [0.1, 0.15) is 25.0 Å². The molecule has 1 rings (SSSR count). The van der Waals surface area contributed by atoms with E-state index in [0.717, 1.165) is 18.1 Å². The lowest BCUT2D eigenvalue weighted by Crippen LogP contribution is -2.05. The highest BCUT2D eigenvalue weighted by Gasteiger charge is 1.95. The summed E-state index contributed by atoms with van der Waals surface area (Å²) in [6.07, 6.45) is 0.352. The van der Waals surface area contributed by atoms with E-state index in [1.165, 1.54) is 11.1 Å². The molecule has 0 saturated heterocycles. The third-order valence-corrected chi connectivity index (χ3v) is 3.06. The van der Waals surface area contributed by atoms with Gasteiger partial charge in [-0.15, -0.1) is 0 Å². The highest BCUT2D eigenvalue weighted by atomic mass is 32.2. The Hall–Kier alpha value is -0.470. The molecule has 0 saturated carbocycles. The molecular formula is C13H20OS. The van der Waals surface area contributed by atoms with Gasteiger partial charge in [0, 0.05) is 11.5 Å². The van der Waals surface area contributed by atoms with Gasteiger partial charge in [0.05, 0.1) is 12.7 Å². The van der Waals surface area contributed by atoms with Crippen LogP contribution in [0.3, 0.4) is 0 Å². The third-order valence-electron chi connectivity index (χ3n) is 2.07. The summed E-state index contributed by atoms with van der Waals surface area (Å²) in [6, 6.07) is 8.73. The fourth-order valence-electron chi connectivity index (χ4n) is 1.22. The lowest BCUT2D eigenvalue weighted by atomic mass is 10.2. The second-order valence-corrected chi connectivity index (χ2v) is 5.06. The lowest BCUT2D eigenvalue weighted by molar-refractivity contribution is 0.0920. The van der Waals surface area contributed by atoms with Gasteiger partial charge >= 0.3 is 0 Å². The fraction of sp³-hybridized carbons (Fsp3) is 0.538. The smallest absolute Gasteiger partial charge is 0.0560 e. The van der Waals surface area contributed by atoms with Crippen molar-refractivity contribution >= 4 is 11.8 Å². The second kappa shape index (κ2) is 6.91. The minimum absolute atomic E-state index is 0.352. The Morgan fingerprint density at radius 3 is 2.47 bits per heavy atom. The summed E-state index contributed by atoms with van der Waals surface area (Å²) < 4.78 is 5.48. The van der Waals surface area contributed by atoms with E-state index < -0.39 is 0 Å².